The Balaban J connectivity index is 3.21. The zero-order valence-corrected chi connectivity index (χ0v) is 18.3. The predicted molar refractivity (Wildman–Crippen MR) is 117 cm³/mol. The van der Waals surface area contributed by atoms with Gasteiger partial charge in [-0.25, -0.2) is 4.79 Å². The Kier molecular flexibility index (Phi) is 18.8. The topological polar surface area (TPSA) is 77.8 Å². The van der Waals surface area contributed by atoms with Crippen LogP contribution in [0.2, 0.25) is 0 Å². The molecule has 0 aromatic rings. The molecule has 0 heterocycles. The van der Waals surface area contributed by atoms with Crippen LogP contribution >= 0.6 is 0 Å². The van der Waals surface area contributed by atoms with E-state index in [0.29, 0.717) is 6.42 Å². The highest BCUT2D eigenvalue weighted by molar-refractivity contribution is 5.74. The molecular weight excluding hydrogens is 352 g/mol. The second-order valence-corrected chi connectivity index (χ2v) is 8.22. The zero-order chi connectivity index (χ0) is 20.9. The number of allylic oxidation sites excluding steroid dienone is 2. The molecule has 28 heavy (non-hydrogen) atoms. The molecular formula is C24H46O4. The first-order chi connectivity index (χ1) is 13.5. The van der Waals surface area contributed by atoms with Gasteiger partial charge in [-0.1, -0.05) is 103 Å². The molecule has 0 unspecified atom stereocenters. The third-order valence-corrected chi connectivity index (χ3v) is 5.38. The molecule has 0 bridgehead atoms. The van der Waals surface area contributed by atoms with E-state index in [0.717, 1.165) is 25.7 Å². The van der Waals surface area contributed by atoms with Gasteiger partial charge in [-0.05, 0) is 32.1 Å². The lowest BCUT2D eigenvalue weighted by Crippen LogP contribution is -2.37. The third-order valence-electron chi connectivity index (χ3n) is 5.38. The summed E-state index contributed by atoms with van der Waals surface area (Å²) in [4.78, 5) is 10.5. The molecule has 0 atom stereocenters. The quantitative estimate of drug-likeness (QED) is 0.114. The second kappa shape index (κ2) is 19.4. The number of carbonyl (C=O) groups is 1. The molecule has 0 amide bonds. The van der Waals surface area contributed by atoms with Crippen LogP contribution in [0.5, 0.6) is 0 Å². The van der Waals surface area contributed by atoms with E-state index in [-0.39, 0.29) is 6.42 Å². The number of hydrogen-bond acceptors (Lipinski definition) is 3. The van der Waals surface area contributed by atoms with E-state index < -0.39 is 11.8 Å². The zero-order valence-electron chi connectivity index (χ0n) is 18.3. The summed E-state index contributed by atoms with van der Waals surface area (Å²) in [5.74, 6) is -4.12. The summed E-state index contributed by atoms with van der Waals surface area (Å²) in [7, 11) is 0. The SMILES string of the molecule is CCCCCCCCCCCCCCC=CCCCCCCC(O)(O)C(=O)O. The van der Waals surface area contributed by atoms with Crippen LogP contribution in [-0.4, -0.2) is 27.1 Å². The third kappa shape index (κ3) is 18.5. The van der Waals surface area contributed by atoms with Crippen LogP contribution in [0.4, 0.5) is 0 Å². The van der Waals surface area contributed by atoms with E-state index in [4.69, 9.17) is 5.11 Å². The fourth-order valence-corrected chi connectivity index (χ4v) is 3.43. The number of aliphatic carboxylic acids is 1. The van der Waals surface area contributed by atoms with E-state index >= 15 is 0 Å². The number of aliphatic hydroxyl groups is 2. The summed E-state index contributed by atoms with van der Waals surface area (Å²) >= 11 is 0. The molecule has 0 aromatic carbocycles. The fraction of sp³-hybridized carbons (Fsp3) is 0.875. The van der Waals surface area contributed by atoms with Crippen molar-refractivity contribution < 1.29 is 20.1 Å². The van der Waals surface area contributed by atoms with Crippen LogP contribution in [-0.2, 0) is 4.79 Å². The summed E-state index contributed by atoms with van der Waals surface area (Å²) in [6.07, 6.45) is 26.8. The molecule has 3 N–H and O–H groups in total. The summed E-state index contributed by atoms with van der Waals surface area (Å²) in [6.45, 7) is 2.27. The Morgan fingerprint density at radius 1 is 0.643 bits per heavy atom. The first-order valence-electron chi connectivity index (χ1n) is 11.8. The van der Waals surface area contributed by atoms with Crippen molar-refractivity contribution in [1.29, 1.82) is 0 Å². The molecule has 0 radical (unpaired) electrons. The van der Waals surface area contributed by atoms with Gasteiger partial charge in [0.25, 0.3) is 5.79 Å². The molecule has 0 aliphatic heterocycles. The average Bonchev–Trinajstić information content (AvgIpc) is 2.66. The minimum absolute atomic E-state index is 0.100. The summed E-state index contributed by atoms with van der Waals surface area (Å²) in [6, 6.07) is 0. The number of rotatable bonds is 21. The molecule has 0 aliphatic carbocycles. The molecule has 0 rings (SSSR count). The summed E-state index contributed by atoms with van der Waals surface area (Å²) in [5.41, 5.74) is 0. The average molecular weight is 399 g/mol. The lowest BCUT2D eigenvalue weighted by atomic mass is 10.0. The maximum absolute atomic E-state index is 10.5. The lowest BCUT2D eigenvalue weighted by Gasteiger charge is -2.15. The van der Waals surface area contributed by atoms with Crippen molar-refractivity contribution in [2.45, 2.75) is 135 Å². The molecule has 0 aliphatic rings. The fourth-order valence-electron chi connectivity index (χ4n) is 3.43. The van der Waals surface area contributed by atoms with Crippen LogP contribution < -0.4 is 0 Å². The van der Waals surface area contributed by atoms with Gasteiger partial charge in [0.05, 0.1) is 0 Å². The molecule has 0 spiro atoms. The van der Waals surface area contributed by atoms with Crippen LogP contribution in [0, 0.1) is 0 Å². The van der Waals surface area contributed by atoms with Gasteiger partial charge >= 0.3 is 5.97 Å². The minimum Gasteiger partial charge on any atom is -0.477 e. The van der Waals surface area contributed by atoms with E-state index in [2.05, 4.69) is 19.1 Å². The number of carboxylic acids is 1. The Morgan fingerprint density at radius 2 is 1.00 bits per heavy atom. The van der Waals surface area contributed by atoms with E-state index in [1.54, 1.807) is 0 Å². The van der Waals surface area contributed by atoms with Crippen molar-refractivity contribution in [2.24, 2.45) is 0 Å². The molecule has 4 heteroatoms. The molecule has 4 nitrogen and oxygen atoms in total. The standard InChI is InChI=1S/C24H46O4/c1-2-3-4-5-6-7-8-9-10-11-12-13-14-15-16-17-18-19-20-21-22-24(27,28)23(25)26/h15-16,27-28H,2-14,17-22H2,1H3,(H,25,26). The van der Waals surface area contributed by atoms with Gasteiger partial charge in [0.1, 0.15) is 0 Å². The molecule has 0 saturated heterocycles. The molecule has 0 saturated carbocycles. The van der Waals surface area contributed by atoms with Crippen LogP contribution in [0.1, 0.15) is 129 Å². The van der Waals surface area contributed by atoms with Crippen molar-refractivity contribution in [3.63, 3.8) is 0 Å². The van der Waals surface area contributed by atoms with E-state index in [9.17, 15) is 15.0 Å². The Bertz CT molecular complexity index is 377. The first-order valence-corrected chi connectivity index (χ1v) is 11.8. The van der Waals surface area contributed by atoms with Crippen molar-refractivity contribution >= 4 is 5.97 Å². The maximum Gasteiger partial charge on any atom is 0.364 e. The first kappa shape index (κ1) is 27.1. The van der Waals surface area contributed by atoms with E-state index in [1.807, 2.05) is 0 Å². The van der Waals surface area contributed by atoms with Crippen molar-refractivity contribution in [2.75, 3.05) is 0 Å². The van der Waals surface area contributed by atoms with Gasteiger partial charge in [-0.3, -0.25) is 0 Å². The molecule has 0 aromatic heterocycles. The highest BCUT2D eigenvalue weighted by Gasteiger charge is 2.31. The van der Waals surface area contributed by atoms with Gasteiger partial charge in [0.2, 0.25) is 0 Å². The molecule has 0 fully saturated rings. The van der Waals surface area contributed by atoms with Crippen molar-refractivity contribution in [3.8, 4) is 0 Å². The highest BCUT2D eigenvalue weighted by atomic mass is 16.5. The molecule has 166 valence electrons. The Morgan fingerprint density at radius 3 is 1.39 bits per heavy atom. The highest BCUT2D eigenvalue weighted by Crippen LogP contribution is 2.15. The van der Waals surface area contributed by atoms with Crippen LogP contribution in [0.3, 0.4) is 0 Å². The second-order valence-electron chi connectivity index (χ2n) is 8.22. The van der Waals surface area contributed by atoms with Gasteiger partial charge in [-0.15, -0.1) is 0 Å². The van der Waals surface area contributed by atoms with E-state index in [1.165, 1.54) is 83.5 Å². The smallest absolute Gasteiger partial charge is 0.364 e. The largest absolute Gasteiger partial charge is 0.477 e. The summed E-state index contributed by atoms with van der Waals surface area (Å²) < 4.78 is 0. The van der Waals surface area contributed by atoms with Crippen LogP contribution in [0.15, 0.2) is 12.2 Å². The maximum atomic E-state index is 10.5. The van der Waals surface area contributed by atoms with Gasteiger partial charge in [-0.2, -0.15) is 0 Å². The van der Waals surface area contributed by atoms with Gasteiger partial charge < -0.3 is 15.3 Å². The van der Waals surface area contributed by atoms with Gasteiger partial charge in [0.15, 0.2) is 0 Å². The normalized spacial score (nSPS) is 12.1. The Labute approximate surface area is 173 Å². The minimum atomic E-state index is -2.56. The monoisotopic (exact) mass is 398 g/mol. The number of unbranched alkanes of at least 4 members (excludes halogenated alkanes) is 16. The number of hydrogen-bond donors (Lipinski definition) is 3. The number of carboxylic acid groups (broad SMARTS) is 1. The Hall–Kier alpha value is -0.870. The van der Waals surface area contributed by atoms with Crippen molar-refractivity contribution in [3.05, 3.63) is 12.2 Å². The predicted octanol–water partition coefficient (Wildman–Crippen LogP) is 6.74. The van der Waals surface area contributed by atoms with Gasteiger partial charge in [0, 0.05) is 6.42 Å². The summed E-state index contributed by atoms with van der Waals surface area (Å²) in [5, 5.41) is 27.0. The van der Waals surface area contributed by atoms with Crippen LogP contribution in [0.25, 0.3) is 0 Å². The lowest BCUT2D eigenvalue weighted by molar-refractivity contribution is -0.205. The van der Waals surface area contributed by atoms with Crippen molar-refractivity contribution in [1.82, 2.24) is 0 Å².